The number of halogens is 2. The fourth-order valence-electron chi connectivity index (χ4n) is 4.66. The molecule has 1 N–H and O–H groups in total. The fraction of sp³-hybridized carbons (Fsp3) is 0.409. The maximum absolute atomic E-state index is 13.3. The molecule has 4 rings (SSSR count). The van der Waals surface area contributed by atoms with Crippen LogP contribution < -0.4 is 10.1 Å². The molecule has 5 nitrogen and oxygen atoms in total. The molecule has 0 bridgehead atoms. The van der Waals surface area contributed by atoms with E-state index in [-0.39, 0.29) is 24.3 Å². The molecule has 29 heavy (non-hydrogen) atoms. The number of nitrogens with one attached hydrogen (secondary N) is 1. The van der Waals surface area contributed by atoms with Crippen LogP contribution in [0.15, 0.2) is 48.5 Å². The summed E-state index contributed by atoms with van der Waals surface area (Å²) in [6.07, 6.45) is 0. The van der Waals surface area contributed by atoms with Crippen molar-refractivity contribution in [1.82, 2.24) is 15.1 Å². The summed E-state index contributed by atoms with van der Waals surface area (Å²) in [4.78, 5) is 16.9. The summed E-state index contributed by atoms with van der Waals surface area (Å²) in [7, 11) is 3.82. The van der Waals surface area contributed by atoms with E-state index in [0.29, 0.717) is 24.4 Å². The second kappa shape index (κ2) is 9.01. The number of hydrogen-bond donors (Lipinski definition) is 1. The number of nitrogens with zero attached hydrogens (tertiary/aromatic N) is 2. The van der Waals surface area contributed by atoms with Gasteiger partial charge in [-0.2, -0.15) is 0 Å². The van der Waals surface area contributed by atoms with E-state index in [9.17, 15) is 9.18 Å². The first-order valence-corrected chi connectivity index (χ1v) is 9.66. The molecule has 0 aliphatic carbocycles. The van der Waals surface area contributed by atoms with Crippen molar-refractivity contribution in [2.24, 2.45) is 11.8 Å². The third kappa shape index (κ3) is 4.49. The molecule has 0 saturated carbocycles. The maximum atomic E-state index is 13.3. The third-order valence-corrected chi connectivity index (χ3v) is 5.97. The topological polar surface area (TPSA) is 44.8 Å². The summed E-state index contributed by atoms with van der Waals surface area (Å²) in [5.41, 5.74) is 2.03. The average Bonchev–Trinajstić information content (AvgIpc) is 3.23. The summed E-state index contributed by atoms with van der Waals surface area (Å²) >= 11 is 0. The van der Waals surface area contributed by atoms with E-state index in [1.54, 1.807) is 13.2 Å². The zero-order valence-electron chi connectivity index (χ0n) is 16.7. The van der Waals surface area contributed by atoms with Crippen molar-refractivity contribution in [3.05, 3.63) is 65.5 Å². The van der Waals surface area contributed by atoms with Gasteiger partial charge in [-0.15, -0.1) is 12.4 Å². The Hall–Kier alpha value is -2.31. The van der Waals surface area contributed by atoms with Crippen molar-refractivity contribution in [1.29, 1.82) is 0 Å². The Morgan fingerprint density at radius 1 is 1.17 bits per heavy atom. The molecule has 2 aromatic carbocycles. The van der Waals surface area contributed by atoms with E-state index in [4.69, 9.17) is 4.74 Å². The van der Waals surface area contributed by atoms with E-state index in [1.807, 2.05) is 23.1 Å². The summed E-state index contributed by atoms with van der Waals surface area (Å²) in [6.45, 7) is 2.82. The third-order valence-electron chi connectivity index (χ3n) is 5.97. The zero-order chi connectivity index (χ0) is 19.7. The quantitative estimate of drug-likeness (QED) is 0.821. The van der Waals surface area contributed by atoms with Gasteiger partial charge < -0.3 is 15.0 Å². The van der Waals surface area contributed by atoms with Crippen LogP contribution in [-0.4, -0.2) is 49.6 Å². The number of rotatable bonds is 4. The number of carbonyl (C=O) groups is 1. The zero-order valence-corrected chi connectivity index (χ0v) is 17.5. The molecule has 2 heterocycles. The van der Waals surface area contributed by atoms with Crippen LogP contribution in [0.3, 0.4) is 0 Å². The fourth-order valence-corrected chi connectivity index (χ4v) is 4.66. The second-order valence-electron chi connectivity index (χ2n) is 7.78. The minimum absolute atomic E-state index is 0. The Morgan fingerprint density at radius 2 is 1.93 bits per heavy atom. The highest BCUT2D eigenvalue weighted by atomic mass is 35.5. The molecular formula is C22H27ClFN3O2. The first-order chi connectivity index (χ1) is 13.5. The lowest BCUT2D eigenvalue weighted by Gasteiger charge is -2.27. The standard InChI is InChI=1S/C22H26FN3O2.ClH/c1-25-12-17-13-26(22(27)24-11-15-4-3-5-18(23)10-15)14-20(17)21(25)16-6-8-19(28-2)9-7-16;/h3-10,17,20-21H,11-14H2,1-2H3,(H,24,27);1H/t17-,20+,21+;/m0./s1. The van der Waals surface area contributed by atoms with Crippen LogP contribution in [-0.2, 0) is 6.54 Å². The SMILES string of the molecule is COc1ccc([C@@H]2[C@@H]3CN(C(=O)NCc4cccc(F)c4)C[C@@H]3CN2C)cc1.Cl. The Balaban J connectivity index is 0.00000240. The van der Waals surface area contributed by atoms with Crippen molar-refractivity contribution in [3.63, 3.8) is 0 Å². The molecule has 2 amide bonds. The normalized spacial score (nSPS) is 23.4. The predicted molar refractivity (Wildman–Crippen MR) is 113 cm³/mol. The lowest BCUT2D eigenvalue weighted by Crippen LogP contribution is -2.40. The molecular weight excluding hydrogens is 393 g/mol. The van der Waals surface area contributed by atoms with Crippen molar-refractivity contribution in [2.45, 2.75) is 12.6 Å². The van der Waals surface area contributed by atoms with Gasteiger partial charge in [-0.05, 0) is 48.4 Å². The molecule has 0 radical (unpaired) electrons. The first-order valence-electron chi connectivity index (χ1n) is 9.66. The molecule has 7 heteroatoms. The monoisotopic (exact) mass is 419 g/mol. The highest BCUT2D eigenvalue weighted by Crippen LogP contribution is 2.44. The van der Waals surface area contributed by atoms with Gasteiger partial charge in [0.1, 0.15) is 11.6 Å². The number of carbonyl (C=O) groups excluding carboxylic acids is 1. The molecule has 2 aliphatic rings. The van der Waals surface area contributed by atoms with Crippen LogP contribution in [0.4, 0.5) is 9.18 Å². The first kappa shape index (κ1) is 21.4. The molecule has 0 spiro atoms. The largest absolute Gasteiger partial charge is 0.497 e. The lowest BCUT2D eigenvalue weighted by atomic mass is 9.89. The van der Waals surface area contributed by atoms with Crippen molar-refractivity contribution < 1.29 is 13.9 Å². The molecule has 2 saturated heterocycles. The summed E-state index contributed by atoms with van der Waals surface area (Å²) in [5.74, 6) is 1.45. The molecule has 2 fully saturated rings. The van der Waals surface area contributed by atoms with Gasteiger partial charge in [-0.3, -0.25) is 4.90 Å². The molecule has 156 valence electrons. The van der Waals surface area contributed by atoms with Gasteiger partial charge in [-0.1, -0.05) is 24.3 Å². The predicted octanol–water partition coefficient (Wildman–Crippen LogP) is 3.70. The van der Waals surface area contributed by atoms with E-state index in [2.05, 4.69) is 29.4 Å². The summed E-state index contributed by atoms with van der Waals surface area (Å²) in [6, 6.07) is 14.8. The number of benzene rings is 2. The van der Waals surface area contributed by atoms with Crippen molar-refractivity contribution in [3.8, 4) is 5.75 Å². The number of methoxy groups -OCH3 is 1. The minimum Gasteiger partial charge on any atom is -0.497 e. The van der Waals surface area contributed by atoms with Crippen LogP contribution in [0.2, 0.25) is 0 Å². The molecule has 3 atom stereocenters. The smallest absolute Gasteiger partial charge is 0.317 e. The van der Waals surface area contributed by atoms with Crippen molar-refractivity contribution >= 4 is 18.4 Å². The summed E-state index contributed by atoms with van der Waals surface area (Å²) < 4.78 is 18.6. The maximum Gasteiger partial charge on any atom is 0.317 e. The Kier molecular flexibility index (Phi) is 6.65. The number of likely N-dealkylation sites (tertiary alicyclic amines) is 2. The Labute approximate surface area is 177 Å². The van der Waals surface area contributed by atoms with E-state index >= 15 is 0 Å². The molecule has 2 aromatic rings. The molecule has 0 unspecified atom stereocenters. The highest BCUT2D eigenvalue weighted by molar-refractivity contribution is 5.85. The van der Waals surface area contributed by atoms with E-state index < -0.39 is 0 Å². The van der Waals surface area contributed by atoms with Crippen molar-refractivity contribution in [2.75, 3.05) is 33.8 Å². The van der Waals surface area contributed by atoms with Gasteiger partial charge in [0.05, 0.1) is 7.11 Å². The van der Waals surface area contributed by atoms with Gasteiger partial charge in [0.25, 0.3) is 0 Å². The van der Waals surface area contributed by atoms with Crippen LogP contribution in [0.25, 0.3) is 0 Å². The Morgan fingerprint density at radius 3 is 2.62 bits per heavy atom. The van der Waals surface area contributed by atoms with Crippen LogP contribution in [0.5, 0.6) is 5.75 Å². The number of fused-ring (bicyclic) bond motifs is 1. The molecule has 2 aliphatic heterocycles. The number of ether oxygens (including phenoxy) is 1. The Bertz CT molecular complexity index is 848. The van der Waals surface area contributed by atoms with Gasteiger partial charge in [0, 0.05) is 38.1 Å². The van der Waals surface area contributed by atoms with Gasteiger partial charge in [0.15, 0.2) is 0 Å². The van der Waals surface area contributed by atoms with E-state index in [0.717, 1.165) is 30.9 Å². The number of hydrogen-bond acceptors (Lipinski definition) is 3. The highest BCUT2D eigenvalue weighted by Gasteiger charge is 2.47. The molecule has 0 aromatic heterocycles. The second-order valence-corrected chi connectivity index (χ2v) is 7.78. The lowest BCUT2D eigenvalue weighted by molar-refractivity contribution is 0.193. The average molecular weight is 420 g/mol. The van der Waals surface area contributed by atoms with Crippen LogP contribution in [0.1, 0.15) is 17.2 Å². The summed E-state index contributed by atoms with van der Waals surface area (Å²) in [5, 5.41) is 2.93. The van der Waals surface area contributed by atoms with Crippen LogP contribution >= 0.6 is 12.4 Å². The van der Waals surface area contributed by atoms with Gasteiger partial charge >= 0.3 is 6.03 Å². The number of urea groups is 1. The minimum atomic E-state index is -0.284. The van der Waals surface area contributed by atoms with E-state index in [1.165, 1.54) is 17.7 Å². The number of amides is 2. The van der Waals surface area contributed by atoms with Crippen LogP contribution in [0, 0.1) is 17.7 Å². The van der Waals surface area contributed by atoms with Gasteiger partial charge in [-0.25, -0.2) is 9.18 Å². The van der Waals surface area contributed by atoms with Gasteiger partial charge in [0.2, 0.25) is 0 Å².